The van der Waals surface area contributed by atoms with E-state index in [0.29, 0.717) is 25.8 Å². The molecule has 1 aromatic heterocycles. The maximum absolute atomic E-state index is 13.0. The van der Waals surface area contributed by atoms with Crippen LogP contribution in [0.15, 0.2) is 36.7 Å². The van der Waals surface area contributed by atoms with Crippen molar-refractivity contribution in [2.75, 3.05) is 13.2 Å². The van der Waals surface area contributed by atoms with Gasteiger partial charge in [0, 0.05) is 18.9 Å². The zero-order chi connectivity index (χ0) is 31.8. The molecule has 12 nitrogen and oxygen atoms in total. The third kappa shape index (κ3) is 12.2. The smallest absolute Gasteiger partial charge is 0.326 e. The lowest BCUT2D eigenvalue weighted by atomic mass is 9.98. The lowest BCUT2D eigenvalue weighted by Crippen LogP contribution is -2.57. The van der Waals surface area contributed by atoms with Crippen LogP contribution in [0.4, 0.5) is 0 Å². The molecule has 2 rings (SSSR count). The molecule has 0 bridgehead atoms. The summed E-state index contributed by atoms with van der Waals surface area (Å²) in [6.45, 7) is 6.17. The number of carbonyl (C=O) groups is 4. The number of imidazole rings is 1. The van der Waals surface area contributed by atoms with Crippen LogP contribution >= 0.6 is 0 Å². The fourth-order valence-corrected chi connectivity index (χ4v) is 4.67. The summed E-state index contributed by atoms with van der Waals surface area (Å²) in [5.74, 6) is -2.31. The molecule has 1 unspecified atom stereocenters. The van der Waals surface area contributed by atoms with E-state index in [0.717, 1.165) is 42.8 Å². The Morgan fingerprint density at radius 1 is 0.953 bits per heavy atom. The molecule has 3 amide bonds. The highest BCUT2D eigenvalue weighted by atomic mass is 16.4. The maximum Gasteiger partial charge on any atom is 0.326 e. The first-order chi connectivity index (χ1) is 20.6. The minimum absolute atomic E-state index is 0.0135. The molecule has 0 fully saturated rings. The summed E-state index contributed by atoms with van der Waals surface area (Å²) in [6, 6.07) is 4.27. The molecule has 0 aliphatic rings. The number of nitrogens with two attached hydrogens (primary N) is 1. The summed E-state index contributed by atoms with van der Waals surface area (Å²) in [5.41, 5.74) is 7.49. The van der Waals surface area contributed by atoms with E-state index in [2.05, 4.69) is 25.5 Å². The highest BCUT2D eigenvalue weighted by Gasteiger charge is 2.31. The third-order valence-corrected chi connectivity index (χ3v) is 7.62. The van der Waals surface area contributed by atoms with Crippen LogP contribution in [0.25, 0.3) is 0 Å². The fraction of sp³-hybridized carbons (Fsp3) is 0.581. The van der Waals surface area contributed by atoms with Gasteiger partial charge in [0.2, 0.25) is 17.7 Å². The van der Waals surface area contributed by atoms with Gasteiger partial charge in [0.15, 0.2) is 0 Å². The molecule has 1 aromatic carbocycles. The van der Waals surface area contributed by atoms with Crippen LogP contribution in [0.2, 0.25) is 0 Å². The van der Waals surface area contributed by atoms with Crippen molar-refractivity contribution in [3.05, 3.63) is 53.6 Å². The van der Waals surface area contributed by atoms with Crippen LogP contribution in [-0.2, 0) is 38.6 Å². The summed E-state index contributed by atoms with van der Waals surface area (Å²) >= 11 is 0. The number of hydrogen-bond donors (Lipinski definition) is 6. The number of carboxylic acid groups (broad SMARTS) is 1. The molecule has 43 heavy (non-hydrogen) atoms. The van der Waals surface area contributed by atoms with Gasteiger partial charge in [-0.05, 0) is 69.0 Å². The Labute approximate surface area is 253 Å². The molecule has 0 saturated carbocycles. The van der Waals surface area contributed by atoms with Crippen LogP contribution in [0, 0.1) is 12.8 Å². The molecule has 12 heteroatoms. The van der Waals surface area contributed by atoms with Crippen molar-refractivity contribution in [2.45, 2.75) is 96.8 Å². The van der Waals surface area contributed by atoms with Crippen molar-refractivity contribution in [3.8, 4) is 0 Å². The van der Waals surface area contributed by atoms with Crippen LogP contribution in [0.1, 0.15) is 69.3 Å². The maximum atomic E-state index is 13.0. The second kappa shape index (κ2) is 18.7. The number of aromatic nitrogens is 2. The van der Waals surface area contributed by atoms with Crippen molar-refractivity contribution in [1.82, 2.24) is 25.5 Å². The first kappa shape index (κ1) is 35.4. The fourth-order valence-electron chi connectivity index (χ4n) is 4.67. The van der Waals surface area contributed by atoms with Gasteiger partial charge in [-0.1, -0.05) is 44.5 Å². The predicted molar refractivity (Wildman–Crippen MR) is 163 cm³/mol. The quantitative estimate of drug-likeness (QED) is 0.123. The zero-order valence-electron chi connectivity index (χ0n) is 25.6. The molecule has 0 radical (unpaired) electrons. The standard InChI is InChI=1S/C31H48N6O6/c1-4-21(2)28(31(42)43)36-29(40)25(10-5-7-15-32)35-30(41)26(20-38)34-27(39)19-24-13-11-23(12-14-24)9-6-8-17-37-18-16-33-22(37)3/h11-14,16,18,21,25-26,28,38H,4-10,15,17,19-20,32H2,1-3H3,(H,34,39)(H,35,41)(H,36,40)(H,42,43)/t21?,25-,26-,28-/m0/s1. The summed E-state index contributed by atoms with van der Waals surface area (Å²) in [7, 11) is 0. The van der Waals surface area contributed by atoms with Crippen molar-refractivity contribution >= 4 is 23.7 Å². The first-order valence-electron chi connectivity index (χ1n) is 15.1. The topological polar surface area (TPSA) is 189 Å². The number of aryl methyl sites for hydroxylation is 3. The summed E-state index contributed by atoms with van der Waals surface area (Å²) in [4.78, 5) is 54.6. The SMILES string of the molecule is CCC(C)[C@H](NC(=O)[C@H](CCCCN)NC(=O)[C@H](CO)NC(=O)Cc1ccc(CCCCn2ccnc2C)cc1)C(=O)O. The Morgan fingerprint density at radius 2 is 1.63 bits per heavy atom. The average molecular weight is 601 g/mol. The summed E-state index contributed by atoms with van der Waals surface area (Å²) < 4.78 is 2.13. The van der Waals surface area contributed by atoms with E-state index in [1.807, 2.05) is 44.3 Å². The lowest BCUT2D eigenvalue weighted by Gasteiger charge is -2.25. The van der Waals surface area contributed by atoms with Crippen LogP contribution in [0.5, 0.6) is 0 Å². The van der Waals surface area contributed by atoms with Crippen LogP contribution < -0.4 is 21.7 Å². The second-order valence-corrected chi connectivity index (χ2v) is 11.0. The number of nitrogens with zero attached hydrogens (tertiary/aromatic N) is 2. The van der Waals surface area contributed by atoms with E-state index in [1.165, 1.54) is 0 Å². The minimum Gasteiger partial charge on any atom is -0.480 e. The molecule has 7 N–H and O–H groups in total. The number of unbranched alkanes of at least 4 members (excludes halogenated alkanes) is 2. The Bertz CT molecular complexity index is 1170. The number of carbonyl (C=O) groups excluding carboxylic acids is 3. The zero-order valence-corrected chi connectivity index (χ0v) is 25.6. The van der Waals surface area contributed by atoms with E-state index >= 15 is 0 Å². The Kier molecular flexibility index (Phi) is 15.4. The van der Waals surface area contributed by atoms with Crippen molar-refractivity contribution in [3.63, 3.8) is 0 Å². The number of rotatable bonds is 20. The first-order valence-corrected chi connectivity index (χ1v) is 15.1. The Hall–Kier alpha value is -3.77. The van der Waals surface area contributed by atoms with Gasteiger partial charge in [-0.2, -0.15) is 0 Å². The normalized spacial score (nSPS) is 13.9. The number of amides is 3. The third-order valence-electron chi connectivity index (χ3n) is 7.62. The number of aliphatic hydroxyl groups excluding tert-OH is 1. The van der Waals surface area contributed by atoms with E-state index in [-0.39, 0.29) is 18.8 Å². The van der Waals surface area contributed by atoms with E-state index < -0.39 is 48.4 Å². The van der Waals surface area contributed by atoms with Crippen LogP contribution in [-0.4, -0.2) is 74.7 Å². The van der Waals surface area contributed by atoms with E-state index in [9.17, 15) is 29.4 Å². The minimum atomic E-state index is -1.28. The second-order valence-electron chi connectivity index (χ2n) is 11.0. The van der Waals surface area contributed by atoms with Gasteiger partial charge < -0.3 is 36.5 Å². The van der Waals surface area contributed by atoms with Gasteiger partial charge in [-0.3, -0.25) is 14.4 Å². The van der Waals surface area contributed by atoms with Crippen LogP contribution in [0.3, 0.4) is 0 Å². The molecule has 4 atom stereocenters. The van der Waals surface area contributed by atoms with Gasteiger partial charge in [-0.25, -0.2) is 9.78 Å². The van der Waals surface area contributed by atoms with Gasteiger partial charge in [0.25, 0.3) is 0 Å². The van der Waals surface area contributed by atoms with Gasteiger partial charge >= 0.3 is 5.97 Å². The molecule has 0 spiro atoms. The van der Waals surface area contributed by atoms with Gasteiger partial charge in [0.1, 0.15) is 23.9 Å². The van der Waals surface area contributed by atoms with E-state index in [4.69, 9.17) is 5.73 Å². The Morgan fingerprint density at radius 3 is 2.21 bits per heavy atom. The molecule has 0 aliphatic heterocycles. The summed E-state index contributed by atoms with van der Waals surface area (Å²) in [6.07, 6.45) is 8.64. The molecule has 238 valence electrons. The number of nitrogens with one attached hydrogen (secondary N) is 3. The molecule has 1 heterocycles. The summed E-state index contributed by atoms with van der Waals surface area (Å²) in [5, 5.41) is 27.0. The average Bonchev–Trinajstić information content (AvgIpc) is 3.40. The lowest BCUT2D eigenvalue weighted by molar-refractivity contribution is -0.144. The van der Waals surface area contributed by atoms with E-state index in [1.54, 1.807) is 13.1 Å². The molecule has 0 saturated heterocycles. The van der Waals surface area contributed by atoms with Crippen molar-refractivity contribution < 1.29 is 29.4 Å². The number of hydrogen-bond acceptors (Lipinski definition) is 7. The van der Waals surface area contributed by atoms with Gasteiger partial charge in [0.05, 0.1) is 13.0 Å². The predicted octanol–water partition coefficient (Wildman–Crippen LogP) is 1.46. The van der Waals surface area contributed by atoms with Crippen molar-refractivity contribution in [2.24, 2.45) is 11.7 Å². The molecule has 2 aromatic rings. The number of carboxylic acids is 1. The number of benzene rings is 1. The largest absolute Gasteiger partial charge is 0.480 e. The van der Waals surface area contributed by atoms with Crippen molar-refractivity contribution in [1.29, 1.82) is 0 Å². The molecular weight excluding hydrogens is 552 g/mol. The monoisotopic (exact) mass is 600 g/mol. The highest BCUT2D eigenvalue weighted by Crippen LogP contribution is 2.11. The number of aliphatic hydroxyl groups is 1. The van der Waals surface area contributed by atoms with Gasteiger partial charge in [-0.15, -0.1) is 0 Å². The Balaban J connectivity index is 1.90. The molecule has 0 aliphatic carbocycles. The molecular formula is C31H48N6O6. The highest BCUT2D eigenvalue weighted by molar-refractivity contribution is 5.93. The number of aliphatic carboxylic acids is 1.